The molecule has 11 nitrogen and oxygen atoms in total. The second kappa shape index (κ2) is 13.5. The molecule has 0 aliphatic carbocycles. The van der Waals surface area contributed by atoms with E-state index < -0.39 is 29.6 Å². The Hall–Kier alpha value is -3.87. The molecule has 1 N–H and O–H groups in total. The van der Waals surface area contributed by atoms with Gasteiger partial charge in [-0.2, -0.15) is 0 Å². The van der Waals surface area contributed by atoms with Crippen LogP contribution < -0.4 is 0 Å². The number of rotatable bonds is 14. The number of hydrogen-bond acceptors (Lipinski definition) is 7. The van der Waals surface area contributed by atoms with Gasteiger partial charge in [-0.25, -0.2) is 4.68 Å². The quantitative estimate of drug-likeness (QED) is 0.157. The lowest BCUT2D eigenvalue weighted by atomic mass is 9.70. The number of fused-ring (bicyclic) bond motifs is 2. The summed E-state index contributed by atoms with van der Waals surface area (Å²) in [5, 5.41) is 18.0. The van der Waals surface area contributed by atoms with Gasteiger partial charge in [0.15, 0.2) is 0 Å². The summed E-state index contributed by atoms with van der Waals surface area (Å²) in [4.78, 5) is 48.3. The van der Waals surface area contributed by atoms with Crippen molar-refractivity contribution in [2.24, 2.45) is 11.8 Å². The monoisotopic (exact) mass is 690 g/mol. The minimum absolute atomic E-state index is 0.0314. The van der Waals surface area contributed by atoms with E-state index in [9.17, 15) is 19.5 Å². The molecule has 46 heavy (non-hydrogen) atoms. The number of nitrogens with zero attached hydrogens (tertiary/aromatic N) is 6. The fourth-order valence-electron chi connectivity index (χ4n) is 7.46. The van der Waals surface area contributed by atoms with Crippen LogP contribution in [-0.4, -0.2) is 101 Å². The first-order valence-corrected chi connectivity index (χ1v) is 16.6. The Bertz CT molecular complexity index is 1620. The zero-order valence-electron chi connectivity index (χ0n) is 25.7. The molecule has 3 fully saturated rings. The molecule has 0 saturated carbocycles. The van der Waals surface area contributed by atoms with Gasteiger partial charge in [0.25, 0.3) is 0 Å². The van der Waals surface area contributed by atoms with Crippen molar-refractivity contribution in [2.45, 2.75) is 55.0 Å². The van der Waals surface area contributed by atoms with Crippen molar-refractivity contribution >= 4 is 44.7 Å². The Morgan fingerprint density at radius 3 is 2.50 bits per heavy atom. The molecule has 12 heteroatoms. The maximum Gasteiger partial charge on any atom is 0.250 e. The Morgan fingerprint density at radius 1 is 1.04 bits per heavy atom. The van der Waals surface area contributed by atoms with E-state index in [0.29, 0.717) is 37.9 Å². The van der Waals surface area contributed by atoms with Gasteiger partial charge < -0.3 is 24.5 Å². The number of halogens is 1. The van der Waals surface area contributed by atoms with Crippen LogP contribution in [0.25, 0.3) is 11.0 Å². The van der Waals surface area contributed by atoms with Crippen molar-refractivity contribution < 1.29 is 24.2 Å². The summed E-state index contributed by atoms with van der Waals surface area (Å²) in [6.07, 6.45) is 4.12. The first-order chi connectivity index (χ1) is 22.3. The highest BCUT2D eigenvalue weighted by Crippen LogP contribution is 2.60. The average molecular weight is 692 g/mol. The summed E-state index contributed by atoms with van der Waals surface area (Å²) in [6.45, 7) is 8.94. The molecule has 3 saturated heterocycles. The third kappa shape index (κ3) is 5.56. The van der Waals surface area contributed by atoms with Crippen LogP contribution in [0, 0.1) is 11.8 Å². The van der Waals surface area contributed by atoms with Crippen LogP contribution >= 0.6 is 15.9 Å². The molecule has 2 aromatic carbocycles. The molecule has 3 aliphatic rings. The number of likely N-dealkylation sites (tertiary alicyclic amines) is 1. The lowest BCUT2D eigenvalue weighted by Gasteiger charge is -2.37. The van der Waals surface area contributed by atoms with Crippen molar-refractivity contribution in [3.05, 3.63) is 85.5 Å². The molecule has 6 atom stereocenters. The highest BCUT2D eigenvalue weighted by atomic mass is 79.9. The van der Waals surface area contributed by atoms with Gasteiger partial charge in [0.05, 0.1) is 23.5 Å². The number of aromatic nitrogens is 3. The number of ether oxygens (including phenoxy) is 1. The smallest absolute Gasteiger partial charge is 0.250 e. The van der Waals surface area contributed by atoms with Gasteiger partial charge in [-0.15, -0.1) is 18.3 Å². The molecular formula is C34H39BrN6O5. The summed E-state index contributed by atoms with van der Waals surface area (Å²) >= 11 is 3.77. The summed E-state index contributed by atoms with van der Waals surface area (Å²) in [5.41, 5.74) is 1.23. The van der Waals surface area contributed by atoms with Crippen LogP contribution in [0.15, 0.2) is 79.9 Å². The Morgan fingerprint density at radius 2 is 1.76 bits per heavy atom. The number of carbonyl (C=O) groups is 3. The normalized spacial score (nSPS) is 26.3. The Labute approximate surface area is 276 Å². The van der Waals surface area contributed by atoms with Crippen molar-refractivity contribution in [1.29, 1.82) is 0 Å². The van der Waals surface area contributed by atoms with Gasteiger partial charge in [0.2, 0.25) is 17.7 Å². The number of unbranched alkanes of at least 4 members (excludes halogenated alkanes) is 1. The molecule has 3 amide bonds. The molecule has 6 rings (SSSR count). The molecule has 1 spiro atoms. The Balaban J connectivity index is 1.36. The summed E-state index contributed by atoms with van der Waals surface area (Å²) in [6, 6.07) is 16.2. The maximum atomic E-state index is 14.7. The van der Waals surface area contributed by atoms with Crippen LogP contribution in [0.2, 0.25) is 0 Å². The second-order valence-electron chi connectivity index (χ2n) is 12.2. The average Bonchev–Trinajstić information content (AvgIpc) is 3.78. The van der Waals surface area contributed by atoms with E-state index >= 15 is 0 Å². The standard InChI is InChI=1S/C34H39BrN6O5/c1-3-16-38(21-23-12-6-5-7-13-23)31(43)27-28-32(44)40(18-10-11-19-42)30(34(28)20-24(35)29(27)46-34)33(45)39(17-4-2)22-41-26-15-9-8-14-25(26)36-37-41/h3-9,12-15,24,27-30,42H,1-2,10-11,16-22H2/t24?,27-,28-,29-,30?,34?/m0/s1. The summed E-state index contributed by atoms with van der Waals surface area (Å²) < 4.78 is 8.40. The van der Waals surface area contributed by atoms with E-state index in [4.69, 9.17) is 4.74 Å². The third-order valence-corrected chi connectivity index (χ3v) is 10.2. The zero-order valence-corrected chi connectivity index (χ0v) is 27.2. The topological polar surface area (TPSA) is 121 Å². The van der Waals surface area contributed by atoms with Gasteiger partial charge >= 0.3 is 0 Å². The summed E-state index contributed by atoms with van der Waals surface area (Å²) in [5.74, 6) is -2.37. The lowest BCUT2D eigenvalue weighted by molar-refractivity contribution is -0.150. The van der Waals surface area contributed by atoms with Crippen molar-refractivity contribution in [2.75, 3.05) is 26.2 Å². The fourth-order valence-corrected chi connectivity index (χ4v) is 8.40. The predicted octanol–water partition coefficient (Wildman–Crippen LogP) is 3.14. The number of amides is 3. The van der Waals surface area contributed by atoms with E-state index in [0.717, 1.165) is 11.1 Å². The van der Waals surface area contributed by atoms with Crippen LogP contribution in [0.1, 0.15) is 24.8 Å². The summed E-state index contributed by atoms with van der Waals surface area (Å²) in [7, 11) is 0. The van der Waals surface area contributed by atoms with E-state index in [1.165, 1.54) is 0 Å². The van der Waals surface area contributed by atoms with E-state index in [2.05, 4.69) is 39.4 Å². The van der Waals surface area contributed by atoms with Gasteiger partial charge in [-0.1, -0.05) is 75.8 Å². The molecule has 2 bridgehead atoms. The molecule has 0 radical (unpaired) electrons. The van der Waals surface area contributed by atoms with Gasteiger partial charge in [0.1, 0.15) is 23.8 Å². The molecule has 3 aliphatic heterocycles. The number of aliphatic hydroxyl groups excluding tert-OH is 1. The highest BCUT2D eigenvalue weighted by molar-refractivity contribution is 9.09. The SMILES string of the molecule is C=CCN(Cn1nnc2ccccc21)C(=O)C1N(CCCCO)C(=O)[C@@H]2[C@H](C(=O)N(CC=C)Cc3ccccc3)[C@H]3OC12CC3Br. The molecule has 3 aromatic rings. The highest BCUT2D eigenvalue weighted by Gasteiger charge is 2.76. The molecule has 3 unspecified atom stereocenters. The molecule has 1 aromatic heterocycles. The number of alkyl halides is 1. The largest absolute Gasteiger partial charge is 0.396 e. The first kappa shape index (κ1) is 32.1. The Kier molecular flexibility index (Phi) is 9.39. The van der Waals surface area contributed by atoms with Crippen molar-refractivity contribution in [1.82, 2.24) is 29.7 Å². The van der Waals surface area contributed by atoms with Crippen LogP contribution in [-0.2, 0) is 32.3 Å². The number of benzene rings is 2. The molecule has 242 valence electrons. The molecule has 4 heterocycles. The van der Waals surface area contributed by atoms with Crippen molar-refractivity contribution in [3.63, 3.8) is 0 Å². The maximum absolute atomic E-state index is 14.7. The van der Waals surface area contributed by atoms with E-state index in [1.807, 2.05) is 54.6 Å². The van der Waals surface area contributed by atoms with Gasteiger partial charge in [-0.3, -0.25) is 14.4 Å². The van der Waals surface area contributed by atoms with E-state index in [1.54, 1.807) is 31.5 Å². The van der Waals surface area contributed by atoms with Gasteiger partial charge in [-0.05, 0) is 37.0 Å². The second-order valence-corrected chi connectivity index (χ2v) is 13.4. The van der Waals surface area contributed by atoms with E-state index in [-0.39, 0.29) is 48.9 Å². The minimum atomic E-state index is -1.21. The number of carbonyl (C=O) groups excluding carboxylic acids is 3. The third-order valence-electron chi connectivity index (χ3n) is 9.38. The number of hydrogen-bond donors (Lipinski definition) is 1. The number of para-hydroxylation sites is 1. The minimum Gasteiger partial charge on any atom is -0.396 e. The lowest BCUT2D eigenvalue weighted by Crippen LogP contribution is -2.57. The van der Waals surface area contributed by atoms with Crippen LogP contribution in [0.3, 0.4) is 0 Å². The predicted molar refractivity (Wildman–Crippen MR) is 175 cm³/mol. The zero-order chi connectivity index (χ0) is 32.4. The molecular weight excluding hydrogens is 652 g/mol. The van der Waals surface area contributed by atoms with Crippen LogP contribution in [0.5, 0.6) is 0 Å². The van der Waals surface area contributed by atoms with Crippen molar-refractivity contribution in [3.8, 4) is 0 Å². The fraction of sp³-hybridized carbons (Fsp3) is 0.441. The first-order valence-electron chi connectivity index (χ1n) is 15.7. The number of aliphatic hydroxyl groups is 1. The van der Waals surface area contributed by atoms with Gasteiger partial charge in [0, 0.05) is 37.6 Å². The van der Waals surface area contributed by atoms with Crippen LogP contribution in [0.4, 0.5) is 0 Å².